The zero-order valence-electron chi connectivity index (χ0n) is 12.1. The molecule has 0 atom stereocenters. The summed E-state index contributed by atoms with van der Waals surface area (Å²) in [6.45, 7) is 4.76. The molecule has 0 amide bonds. The molecule has 0 N–H and O–H groups in total. The van der Waals surface area contributed by atoms with Crippen LogP contribution in [0.1, 0.15) is 11.4 Å². The monoisotopic (exact) mass is 296 g/mol. The molecule has 4 nitrogen and oxygen atoms in total. The molecule has 110 valence electrons. The summed E-state index contributed by atoms with van der Waals surface area (Å²) >= 11 is 5.87. The first-order chi connectivity index (χ1) is 9.76. The number of imidazole rings is 1. The molecule has 0 fully saturated rings. The number of aryl methyl sites for hydroxylation is 2. The van der Waals surface area contributed by atoms with Crippen molar-refractivity contribution in [2.24, 2.45) is 0 Å². The number of aromatic nitrogens is 2. The Bertz CT molecular complexity index is 554. The van der Waals surface area contributed by atoms with Crippen LogP contribution in [-0.2, 0) is 22.4 Å². The van der Waals surface area contributed by atoms with E-state index in [1.165, 1.54) is 5.56 Å². The van der Waals surface area contributed by atoms with E-state index in [9.17, 15) is 0 Å². The maximum absolute atomic E-state index is 5.87. The van der Waals surface area contributed by atoms with Gasteiger partial charge in [-0.3, -0.25) is 0 Å². The third kappa shape index (κ3) is 3.72. The number of alkyl halides is 1. The SMILES string of the molecule is COCCOCCn1c(CCCl)nc2cc(C)ccc21. The van der Waals surface area contributed by atoms with Gasteiger partial charge in [0.2, 0.25) is 0 Å². The summed E-state index contributed by atoms with van der Waals surface area (Å²) < 4.78 is 12.7. The van der Waals surface area contributed by atoms with Gasteiger partial charge in [-0.25, -0.2) is 4.98 Å². The van der Waals surface area contributed by atoms with Crippen molar-refractivity contribution in [1.82, 2.24) is 9.55 Å². The topological polar surface area (TPSA) is 36.3 Å². The predicted molar refractivity (Wildman–Crippen MR) is 81.6 cm³/mol. The van der Waals surface area contributed by atoms with E-state index < -0.39 is 0 Å². The number of fused-ring (bicyclic) bond motifs is 1. The Kier molecular flexibility index (Phi) is 5.83. The number of benzene rings is 1. The van der Waals surface area contributed by atoms with Gasteiger partial charge in [0.25, 0.3) is 0 Å². The van der Waals surface area contributed by atoms with Crippen LogP contribution in [0.2, 0.25) is 0 Å². The molecular formula is C15H21ClN2O2. The van der Waals surface area contributed by atoms with Crippen molar-refractivity contribution >= 4 is 22.6 Å². The van der Waals surface area contributed by atoms with Gasteiger partial charge in [-0.2, -0.15) is 0 Å². The molecule has 0 radical (unpaired) electrons. The summed E-state index contributed by atoms with van der Waals surface area (Å²) in [4.78, 5) is 4.68. The number of methoxy groups -OCH3 is 1. The lowest BCUT2D eigenvalue weighted by atomic mass is 10.2. The normalized spacial score (nSPS) is 11.3. The molecule has 2 aromatic rings. The van der Waals surface area contributed by atoms with Crippen LogP contribution < -0.4 is 0 Å². The summed E-state index contributed by atoms with van der Waals surface area (Å²) in [6, 6.07) is 6.33. The maximum Gasteiger partial charge on any atom is 0.111 e. The minimum atomic E-state index is 0.576. The van der Waals surface area contributed by atoms with E-state index in [-0.39, 0.29) is 0 Å². The van der Waals surface area contributed by atoms with Crippen LogP contribution in [0.4, 0.5) is 0 Å². The molecule has 1 heterocycles. The predicted octanol–water partition coefficient (Wildman–Crippen LogP) is 2.79. The van der Waals surface area contributed by atoms with Crippen molar-refractivity contribution in [2.45, 2.75) is 19.9 Å². The average molecular weight is 297 g/mol. The van der Waals surface area contributed by atoms with Gasteiger partial charge in [0.1, 0.15) is 5.82 Å². The van der Waals surface area contributed by atoms with Crippen molar-refractivity contribution in [3.05, 3.63) is 29.6 Å². The molecule has 0 bridgehead atoms. The highest BCUT2D eigenvalue weighted by Crippen LogP contribution is 2.18. The Morgan fingerprint density at radius 1 is 1.25 bits per heavy atom. The second-order valence-electron chi connectivity index (χ2n) is 4.72. The number of hydrogen-bond donors (Lipinski definition) is 0. The third-order valence-corrected chi connectivity index (χ3v) is 3.38. The molecule has 1 aromatic heterocycles. The first-order valence-corrected chi connectivity index (χ1v) is 7.38. The van der Waals surface area contributed by atoms with Gasteiger partial charge >= 0.3 is 0 Å². The van der Waals surface area contributed by atoms with Crippen LogP contribution in [-0.4, -0.2) is 42.4 Å². The number of nitrogens with zero attached hydrogens (tertiary/aromatic N) is 2. The zero-order valence-corrected chi connectivity index (χ0v) is 12.8. The first kappa shape index (κ1) is 15.3. The summed E-state index contributed by atoms with van der Waals surface area (Å²) in [5.74, 6) is 1.60. The van der Waals surface area contributed by atoms with Crippen molar-refractivity contribution < 1.29 is 9.47 Å². The van der Waals surface area contributed by atoms with Crippen LogP contribution in [0.3, 0.4) is 0 Å². The fourth-order valence-corrected chi connectivity index (χ4v) is 2.38. The molecule has 0 unspecified atom stereocenters. The Labute approximate surface area is 124 Å². The Hall–Kier alpha value is -1.10. The van der Waals surface area contributed by atoms with Gasteiger partial charge in [-0.15, -0.1) is 11.6 Å². The van der Waals surface area contributed by atoms with Gasteiger partial charge in [-0.05, 0) is 24.6 Å². The second kappa shape index (κ2) is 7.62. The average Bonchev–Trinajstić information content (AvgIpc) is 2.76. The molecule has 20 heavy (non-hydrogen) atoms. The summed E-state index contributed by atoms with van der Waals surface area (Å²) in [6.07, 6.45) is 0.771. The maximum atomic E-state index is 5.87. The summed E-state index contributed by atoms with van der Waals surface area (Å²) in [7, 11) is 1.67. The van der Waals surface area contributed by atoms with Crippen LogP contribution in [0, 0.1) is 6.92 Å². The lowest BCUT2D eigenvalue weighted by molar-refractivity contribution is 0.0667. The van der Waals surface area contributed by atoms with E-state index in [1.54, 1.807) is 7.11 Å². The smallest absolute Gasteiger partial charge is 0.111 e. The van der Waals surface area contributed by atoms with E-state index in [0.717, 1.165) is 29.8 Å². The molecule has 1 aromatic carbocycles. The molecule has 0 aliphatic heterocycles. The molecule has 2 rings (SSSR count). The molecular weight excluding hydrogens is 276 g/mol. The quantitative estimate of drug-likeness (QED) is 0.555. The number of ether oxygens (including phenoxy) is 2. The fourth-order valence-electron chi connectivity index (χ4n) is 2.21. The number of rotatable bonds is 8. The number of hydrogen-bond acceptors (Lipinski definition) is 3. The zero-order chi connectivity index (χ0) is 14.4. The second-order valence-corrected chi connectivity index (χ2v) is 5.09. The minimum absolute atomic E-state index is 0.576. The number of halogens is 1. The highest BCUT2D eigenvalue weighted by Gasteiger charge is 2.10. The van der Waals surface area contributed by atoms with Gasteiger partial charge in [0.05, 0.1) is 30.9 Å². The van der Waals surface area contributed by atoms with Crippen LogP contribution in [0.15, 0.2) is 18.2 Å². The van der Waals surface area contributed by atoms with E-state index in [4.69, 9.17) is 21.1 Å². The third-order valence-electron chi connectivity index (χ3n) is 3.19. The lowest BCUT2D eigenvalue weighted by Gasteiger charge is -2.09. The van der Waals surface area contributed by atoms with Gasteiger partial charge < -0.3 is 14.0 Å². The molecule has 0 aliphatic carbocycles. The molecule has 0 saturated carbocycles. The van der Waals surface area contributed by atoms with Crippen molar-refractivity contribution in [3.8, 4) is 0 Å². The van der Waals surface area contributed by atoms with E-state index in [2.05, 4.69) is 34.7 Å². The van der Waals surface area contributed by atoms with E-state index in [0.29, 0.717) is 25.7 Å². The van der Waals surface area contributed by atoms with Crippen LogP contribution >= 0.6 is 11.6 Å². The van der Waals surface area contributed by atoms with Crippen LogP contribution in [0.25, 0.3) is 11.0 Å². The standard InChI is InChI=1S/C15H21ClN2O2/c1-12-3-4-14-13(11-12)17-15(5-6-16)18(14)7-8-20-10-9-19-2/h3-4,11H,5-10H2,1-2H3. The highest BCUT2D eigenvalue weighted by molar-refractivity contribution is 6.17. The lowest BCUT2D eigenvalue weighted by Crippen LogP contribution is -2.12. The van der Waals surface area contributed by atoms with Crippen molar-refractivity contribution in [1.29, 1.82) is 0 Å². The first-order valence-electron chi connectivity index (χ1n) is 6.84. The van der Waals surface area contributed by atoms with Crippen molar-refractivity contribution in [2.75, 3.05) is 32.8 Å². The molecule has 0 aliphatic rings. The highest BCUT2D eigenvalue weighted by atomic mass is 35.5. The minimum Gasteiger partial charge on any atom is -0.382 e. The molecule has 0 spiro atoms. The Balaban J connectivity index is 2.13. The van der Waals surface area contributed by atoms with Gasteiger partial charge in [-0.1, -0.05) is 6.07 Å². The van der Waals surface area contributed by atoms with Crippen molar-refractivity contribution in [3.63, 3.8) is 0 Å². The summed E-state index contributed by atoms with van der Waals surface area (Å²) in [5, 5.41) is 0. The van der Waals surface area contributed by atoms with Gasteiger partial charge in [0.15, 0.2) is 0 Å². The van der Waals surface area contributed by atoms with Crippen LogP contribution in [0.5, 0.6) is 0 Å². The van der Waals surface area contributed by atoms with E-state index >= 15 is 0 Å². The Morgan fingerprint density at radius 2 is 2.10 bits per heavy atom. The molecule has 5 heteroatoms. The Morgan fingerprint density at radius 3 is 2.85 bits per heavy atom. The fraction of sp³-hybridized carbons (Fsp3) is 0.533. The van der Waals surface area contributed by atoms with E-state index in [1.807, 2.05) is 0 Å². The molecule has 0 saturated heterocycles. The van der Waals surface area contributed by atoms with Gasteiger partial charge in [0, 0.05) is 26.0 Å². The summed E-state index contributed by atoms with van der Waals surface area (Å²) in [5.41, 5.74) is 3.39. The largest absolute Gasteiger partial charge is 0.382 e.